The molecule has 0 aliphatic carbocycles. The summed E-state index contributed by atoms with van der Waals surface area (Å²) in [5.41, 5.74) is 0.731. The molecule has 32 heavy (non-hydrogen) atoms. The molecule has 1 atom stereocenters. The van der Waals surface area contributed by atoms with Crippen LogP contribution < -0.4 is 9.64 Å². The number of hydrogen-bond acceptors (Lipinski definition) is 7. The van der Waals surface area contributed by atoms with Crippen LogP contribution in [0.1, 0.15) is 19.3 Å². The van der Waals surface area contributed by atoms with Gasteiger partial charge in [-0.05, 0) is 55.3 Å². The van der Waals surface area contributed by atoms with Crippen molar-refractivity contribution in [2.24, 2.45) is 0 Å². The van der Waals surface area contributed by atoms with Gasteiger partial charge in [0.05, 0.1) is 40.6 Å². The van der Waals surface area contributed by atoms with Crippen LogP contribution in [0, 0.1) is 5.82 Å². The maximum Gasteiger partial charge on any atom is 0.229 e. The fraction of sp³-hybridized carbons (Fsp3) is 0.364. The summed E-state index contributed by atoms with van der Waals surface area (Å²) in [7, 11) is -2.15. The molecule has 0 saturated carbocycles. The summed E-state index contributed by atoms with van der Waals surface area (Å²) in [5, 5.41) is 0.493. The molecule has 1 amide bonds. The molecule has 1 fully saturated rings. The van der Waals surface area contributed by atoms with Crippen LogP contribution >= 0.6 is 11.3 Å². The first-order valence-electron chi connectivity index (χ1n) is 10.2. The molecule has 2 heterocycles. The number of ether oxygens (including phenoxy) is 2. The van der Waals surface area contributed by atoms with Crippen LogP contribution in [0.25, 0.3) is 10.2 Å². The average molecular weight is 479 g/mol. The third-order valence-electron chi connectivity index (χ3n) is 5.28. The lowest BCUT2D eigenvalue weighted by Crippen LogP contribution is -2.38. The first-order chi connectivity index (χ1) is 15.4. The number of benzene rings is 2. The van der Waals surface area contributed by atoms with E-state index >= 15 is 0 Å². The molecule has 0 spiro atoms. The fourth-order valence-electron chi connectivity index (χ4n) is 3.53. The van der Waals surface area contributed by atoms with Gasteiger partial charge in [0.1, 0.15) is 11.6 Å². The molecule has 0 N–H and O–H groups in total. The Kier molecular flexibility index (Phi) is 6.73. The second-order valence-corrected chi connectivity index (χ2v) is 10.6. The first kappa shape index (κ1) is 22.6. The van der Waals surface area contributed by atoms with Crippen molar-refractivity contribution in [2.75, 3.05) is 30.9 Å². The van der Waals surface area contributed by atoms with E-state index in [1.807, 2.05) is 12.1 Å². The quantitative estimate of drug-likeness (QED) is 0.458. The SMILES string of the molecule is COc1ccc2nc(N(CC3CCCO3)C(=O)CCS(=O)(=O)c3ccc(F)cc3)sc2c1. The maximum atomic E-state index is 13.2. The zero-order chi connectivity index (χ0) is 22.7. The Morgan fingerprint density at radius 2 is 2.06 bits per heavy atom. The molecule has 10 heteroatoms. The van der Waals surface area contributed by atoms with Gasteiger partial charge in [-0.3, -0.25) is 9.69 Å². The van der Waals surface area contributed by atoms with E-state index in [0.29, 0.717) is 24.0 Å². The van der Waals surface area contributed by atoms with Crippen molar-refractivity contribution < 1.29 is 27.1 Å². The molecule has 1 aliphatic rings. The van der Waals surface area contributed by atoms with E-state index < -0.39 is 15.7 Å². The van der Waals surface area contributed by atoms with Gasteiger partial charge in [0.15, 0.2) is 15.0 Å². The molecule has 4 rings (SSSR count). The molecular formula is C22H23FN2O5S2. The van der Waals surface area contributed by atoms with Crippen LogP contribution in [0.15, 0.2) is 47.4 Å². The van der Waals surface area contributed by atoms with Crippen LogP contribution in [0.5, 0.6) is 5.75 Å². The molecule has 1 unspecified atom stereocenters. The second kappa shape index (κ2) is 9.51. The minimum atomic E-state index is -3.73. The van der Waals surface area contributed by atoms with Gasteiger partial charge >= 0.3 is 0 Å². The number of halogens is 1. The number of sulfone groups is 1. The van der Waals surface area contributed by atoms with Gasteiger partial charge in [0.2, 0.25) is 5.91 Å². The van der Waals surface area contributed by atoms with Crippen molar-refractivity contribution >= 4 is 42.4 Å². The zero-order valence-electron chi connectivity index (χ0n) is 17.5. The summed E-state index contributed by atoms with van der Waals surface area (Å²) < 4.78 is 50.2. The highest BCUT2D eigenvalue weighted by Crippen LogP contribution is 2.32. The largest absolute Gasteiger partial charge is 0.497 e. The van der Waals surface area contributed by atoms with Crippen molar-refractivity contribution in [3.05, 3.63) is 48.3 Å². The number of methoxy groups -OCH3 is 1. The van der Waals surface area contributed by atoms with Crippen molar-refractivity contribution in [3.63, 3.8) is 0 Å². The summed E-state index contributed by atoms with van der Waals surface area (Å²) in [6.45, 7) is 0.953. The van der Waals surface area contributed by atoms with Crippen LogP contribution in [0.3, 0.4) is 0 Å². The topological polar surface area (TPSA) is 85.8 Å². The molecule has 1 saturated heterocycles. The Bertz CT molecular complexity index is 1200. The number of carbonyl (C=O) groups excluding carboxylic acids is 1. The predicted molar refractivity (Wildman–Crippen MR) is 121 cm³/mol. The van der Waals surface area contributed by atoms with Gasteiger partial charge in [-0.2, -0.15) is 0 Å². The van der Waals surface area contributed by atoms with Gasteiger partial charge in [-0.15, -0.1) is 0 Å². The minimum Gasteiger partial charge on any atom is -0.497 e. The van der Waals surface area contributed by atoms with E-state index in [4.69, 9.17) is 9.47 Å². The smallest absolute Gasteiger partial charge is 0.229 e. The summed E-state index contributed by atoms with van der Waals surface area (Å²) >= 11 is 1.35. The number of nitrogens with zero attached hydrogens (tertiary/aromatic N) is 2. The van der Waals surface area contributed by atoms with Crippen LogP contribution in [-0.4, -0.2) is 51.4 Å². The highest BCUT2D eigenvalue weighted by molar-refractivity contribution is 7.91. The summed E-state index contributed by atoms with van der Waals surface area (Å²) in [6.07, 6.45) is 1.42. The third kappa shape index (κ3) is 5.08. The van der Waals surface area contributed by atoms with Crippen molar-refractivity contribution in [2.45, 2.75) is 30.3 Å². The highest BCUT2D eigenvalue weighted by Gasteiger charge is 2.27. The Morgan fingerprint density at radius 3 is 2.75 bits per heavy atom. The van der Waals surface area contributed by atoms with Gasteiger partial charge in [-0.1, -0.05) is 11.3 Å². The molecule has 3 aromatic rings. The second-order valence-electron chi connectivity index (χ2n) is 7.49. The first-order valence-corrected chi connectivity index (χ1v) is 12.7. The zero-order valence-corrected chi connectivity index (χ0v) is 19.1. The standard InChI is InChI=1S/C22H23FN2O5S2/c1-29-16-6-9-19-20(13-16)31-22(24-19)25(14-17-3-2-11-30-17)21(26)10-12-32(27,28)18-7-4-15(23)5-8-18/h4-9,13,17H,2-3,10-12,14H2,1H3. The highest BCUT2D eigenvalue weighted by atomic mass is 32.2. The lowest BCUT2D eigenvalue weighted by Gasteiger charge is -2.23. The van der Waals surface area contributed by atoms with E-state index in [9.17, 15) is 17.6 Å². The van der Waals surface area contributed by atoms with Crippen LogP contribution in [0.4, 0.5) is 9.52 Å². The number of aromatic nitrogens is 1. The number of rotatable bonds is 8. The minimum absolute atomic E-state index is 0.00976. The van der Waals surface area contributed by atoms with Crippen molar-refractivity contribution in [1.29, 1.82) is 0 Å². The Hall–Kier alpha value is -2.56. The Morgan fingerprint density at radius 1 is 1.28 bits per heavy atom. The van der Waals surface area contributed by atoms with Crippen molar-refractivity contribution in [1.82, 2.24) is 4.98 Å². The normalized spacial score (nSPS) is 16.4. The monoisotopic (exact) mass is 478 g/mol. The molecule has 1 aliphatic heterocycles. The summed E-state index contributed by atoms with van der Waals surface area (Å²) in [6, 6.07) is 10.1. The Balaban J connectivity index is 1.55. The van der Waals surface area contributed by atoms with Gasteiger partial charge in [0.25, 0.3) is 0 Å². The maximum absolute atomic E-state index is 13.2. The summed E-state index contributed by atoms with van der Waals surface area (Å²) in [4.78, 5) is 19.2. The predicted octanol–water partition coefficient (Wildman–Crippen LogP) is 3.82. The number of fused-ring (bicyclic) bond motifs is 1. The number of amides is 1. The molecule has 170 valence electrons. The van der Waals surface area contributed by atoms with Crippen LogP contribution in [-0.2, 0) is 19.4 Å². The molecule has 1 aromatic heterocycles. The molecule has 2 aromatic carbocycles. The van der Waals surface area contributed by atoms with E-state index in [1.165, 1.54) is 28.4 Å². The van der Waals surface area contributed by atoms with Gasteiger partial charge in [0, 0.05) is 13.0 Å². The number of hydrogen-bond donors (Lipinski definition) is 0. The number of thiazole rings is 1. The molecule has 0 radical (unpaired) electrons. The lowest BCUT2D eigenvalue weighted by atomic mass is 10.2. The summed E-state index contributed by atoms with van der Waals surface area (Å²) in [5.74, 6) is -0.555. The van der Waals surface area contributed by atoms with E-state index in [2.05, 4.69) is 4.98 Å². The molecular weight excluding hydrogens is 455 g/mol. The molecule has 7 nitrogen and oxygen atoms in total. The van der Waals surface area contributed by atoms with E-state index in [1.54, 1.807) is 13.2 Å². The van der Waals surface area contributed by atoms with E-state index in [0.717, 1.165) is 35.2 Å². The Labute approximate surface area is 189 Å². The lowest BCUT2D eigenvalue weighted by molar-refractivity contribution is -0.118. The van der Waals surface area contributed by atoms with E-state index in [-0.39, 0.29) is 29.1 Å². The number of anilines is 1. The van der Waals surface area contributed by atoms with Crippen molar-refractivity contribution in [3.8, 4) is 5.75 Å². The van der Waals surface area contributed by atoms with Gasteiger partial charge < -0.3 is 9.47 Å². The number of carbonyl (C=O) groups is 1. The van der Waals surface area contributed by atoms with Crippen LogP contribution in [0.2, 0.25) is 0 Å². The third-order valence-corrected chi connectivity index (χ3v) is 8.06. The van der Waals surface area contributed by atoms with Gasteiger partial charge in [-0.25, -0.2) is 17.8 Å². The fourth-order valence-corrected chi connectivity index (χ4v) is 5.78. The molecule has 0 bridgehead atoms. The average Bonchev–Trinajstić information content (AvgIpc) is 3.45.